The number of carbonyl (C=O) groups excluding carboxylic acids is 1. The fourth-order valence-electron chi connectivity index (χ4n) is 2.93. The van der Waals surface area contributed by atoms with Crippen molar-refractivity contribution in [1.29, 1.82) is 0 Å². The van der Waals surface area contributed by atoms with Crippen molar-refractivity contribution in [1.82, 2.24) is 9.21 Å². The first-order valence-corrected chi connectivity index (χ1v) is 10.4. The molecule has 2 aromatic rings. The predicted octanol–water partition coefficient (Wildman–Crippen LogP) is 3.15. The number of amides is 1. The molecule has 27 heavy (non-hydrogen) atoms. The number of piperazine rings is 1. The van der Waals surface area contributed by atoms with Crippen molar-refractivity contribution in [3.63, 3.8) is 0 Å². The minimum absolute atomic E-state index is 0.122. The average molecular weight is 429 g/mol. The van der Waals surface area contributed by atoms with Crippen molar-refractivity contribution in [2.45, 2.75) is 11.8 Å². The van der Waals surface area contributed by atoms with Crippen LogP contribution in [0.1, 0.15) is 15.9 Å². The van der Waals surface area contributed by atoms with Gasteiger partial charge in [-0.1, -0.05) is 29.3 Å². The summed E-state index contributed by atoms with van der Waals surface area (Å²) in [5, 5.41) is 10.6. The maximum Gasteiger partial charge on any atom is 0.255 e. The van der Waals surface area contributed by atoms with E-state index in [0.717, 1.165) is 5.56 Å². The van der Waals surface area contributed by atoms with E-state index in [2.05, 4.69) is 0 Å². The number of aromatic hydroxyl groups is 1. The molecule has 3 rings (SSSR count). The summed E-state index contributed by atoms with van der Waals surface area (Å²) in [7, 11) is -3.84. The third-order valence-electron chi connectivity index (χ3n) is 4.42. The Morgan fingerprint density at radius 2 is 1.70 bits per heavy atom. The van der Waals surface area contributed by atoms with Crippen LogP contribution in [0.2, 0.25) is 10.0 Å². The summed E-state index contributed by atoms with van der Waals surface area (Å²) < 4.78 is 26.9. The summed E-state index contributed by atoms with van der Waals surface area (Å²) in [6.45, 7) is 2.47. The van der Waals surface area contributed by atoms with Crippen LogP contribution in [-0.4, -0.2) is 54.8 Å². The smallest absolute Gasteiger partial charge is 0.255 e. The zero-order valence-corrected chi connectivity index (χ0v) is 16.9. The number of phenolic OH excluding ortho intramolecular Hbond substituents is 1. The van der Waals surface area contributed by atoms with E-state index in [1.165, 1.54) is 22.5 Å². The molecule has 9 heteroatoms. The first kappa shape index (κ1) is 19.9. The van der Waals surface area contributed by atoms with E-state index in [1.807, 2.05) is 0 Å². The molecule has 144 valence electrons. The minimum atomic E-state index is -3.84. The average Bonchev–Trinajstić information content (AvgIpc) is 2.63. The zero-order valence-electron chi connectivity index (χ0n) is 14.5. The Morgan fingerprint density at radius 1 is 1.04 bits per heavy atom. The van der Waals surface area contributed by atoms with Gasteiger partial charge >= 0.3 is 0 Å². The molecule has 0 unspecified atom stereocenters. The van der Waals surface area contributed by atoms with Crippen LogP contribution in [0.25, 0.3) is 0 Å². The number of aryl methyl sites for hydroxylation is 1. The van der Waals surface area contributed by atoms with Crippen LogP contribution >= 0.6 is 23.2 Å². The summed E-state index contributed by atoms with van der Waals surface area (Å²) in [6.07, 6.45) is 0. The molecule has 0 bridgehead atoms. The number of hydrogen-bond acceptors (Lipinski definition) is 4. The van der Waals surface area contributed by atoms with Gasteiger partial charge in [0.25, 0.3) is 5.91 Å². The topological polar surface area (TPSA) is 77.9 Å². The second kappa shape index (κ2) is 7.67. The van der Waals surface area contributed by atoms with Gasteiger partial charge < -0.3 is 10.0 Å². The molecule has 0 saturated carbocycles. The van der Waals surface area contributed by atoms with Crippen molar-refractivity contribution in [2.75, 3.05) is 26.2 Å². The third-order valence-corrected chi connectivity index (χ3v) is 6.90. The van der Waals surface area contributed by atoms with Crippen LogP contribution in [0, 0.1) is 6.92 Å². The van der Waals surface area contributed by atoms with Gasteiger partial charge in [-0.3, -0.25) is 4.79 Å². The predicted molar refractivity (Wildman–Crippen MR) is 104 cm³/mol. The van der Waals surface area contributed by atoms with Crippen LogP contribution in [0.4, 0.5) is 0 Å². The molecule has 1 saturated heterocycles. The van der Waals surface area contributed by atoms with Crippen molar-refractivity contribution >= 4 is 39.1 Å². The fourth-order valence-corrected chi connectivity index (χ4v) is 5.01. The lowest BCUT2D eigenvalue weighted by molar-refractivity contribution is 0.0698. The van der Waals surface area contributed by atoms with Crippen LogP contribution in [0.5, 0.6) is 5.75 Å². The Morgan fingerprint density at radius 3 is 2.33 bits per heavy atom. The Hall–Kier alpha value is -1.80. The molecular weight excluding hydrogens is 411 g/mol. The Bertz CT molecular complexity index is 987. The van der Waals surface area contributed by atoms with E-state index >= 15 is 0 Å². The Kier molecular flexibility index (Phi) is 5.67. The number of hydrogen-bond donors (Lipinski definition) is 1. The van der Waals surface area contributed by atoms with Gasteiger partial charge in [0.15, 0.2) is 0 Å². The van der Waals surface area contributed by atoms with Crippen LogP contribution < -0.4 is 0 Å². The highest BCUT2D eigenvalue weighted by molar-refractivity contribution is 7.89. The lowest BCUT2D eigenvalue weighted by atomic mass is 10.2. The molecule has 1 fully saturated rings. The SMILES string of the molecule is Cc1ccc(O)c(S(=O)(=O)N2CCN(C(=O)c3ccc(Cl)cc3Cl)CC2)c1. The van der Waals surface area contributed by atoms with Gasteiger partial charge in [0.05, 0.1) is 10.6 Å². The second-order valence-corrected chi connectivity index (χ2v) is 9.04. The van der Waals surface area contributed by atoms with Crippen molar-refractivity contribution < 1.29 is 18.3 Å². The van der Waals surface area contributed by atoms with E-state index in [-0.39, 0.29) is 47.8 Å². The van der Waals surface area contributed by atoms with Crippen LogP contribution in [0.3, 0.4) is 0 Å². The summed E-state index contributed by atoms with van der Waals surface area (Å²) in [4.78, 5) is 14.1. The normalized spacial score (nSPS) is 15.7. The van der Waals surface area contributed by atoms with Gasteiger partial charge in [-0.15, -0.1) is 0 Å². The molecule has 1 aliphatic heterocycles. The molecule has 2 aromatic carbocycles. The fraction of sp³-hybridized carbons (Fsp3) is 0.278. The number of carbonyl (C=O) groups is 1. The number of halogens is 2. The summed E-state index contributed by atoms with van der Waals surface area (Å²) in [5.74, 6) is -0.556. The molecule has 0 aliphatic carbocycles. The molecule has 0 aromatic heterocycles. The molecule has 1 heterocycles. The number of rotatable bonds is 3. The van der Waals surface area contributed by atoms with E-state index in [9.17, 15) is 18.3 Å². The van der Waals surface area contributed by atoms with Gasteiger partial charge in [0, 0.05) is 31.2 Å². The standard InChI is InChI=1S/C18H18Cl2N2O4S/c1-12-2-5-16(23)17(10-12)27(25,26)22-8-6-21(7-9-22)18(24)14-4-3-13(19)11-15(14)20/h2-5,10-11,23H,6-9H2,1H3. The Balaban J connectivity index is 1.75. The number of nitrogens with zero attached hydrogens (tertiary/aromatic N) is 2. The number of phenols is 1. The van der Waals surface area contributed by atoms with E-state index in [4.69, 9.17) is 23.2 Å². The quantitative estimate of drug-likeness (QED) is 0.813. The minimum Gasteiger partial charge on any atom is -0.507 e. The van der Waals surface area contributed by atoms with Crippen molar-refractivity contribution in [3.05, 3.63) is 57.6 Å². The van der Waals surface area contributed by atoms with E-state index in [0.29, 0.717) is 10.6 Å². The van der Waals surface area contributed by atoms with Crippen molar-refractivity contribution in [3.8, 4) is 5.75 Å². The molecule has 1 amide bonds. The molecule has 0 atom stereocenters. The molecule has 0 spiro atoms. The van der Waals surface area contributed by atoms with Gasteiger partial charge in [-0.05, 0) is 42.8 Å². The van der Waals surface area contributed by atoms with E-state index in [1.54, 1.807) is 30.0 Å². The first-order valence-electron chi connectivity index (χ1n) is 8.24. The third kappa shape index (κ3) is 4.06. The monoisotopic (exact) mass is 428 g/mol. The van der Waals surface area contributed by atoms with Gasteiger partial charge in [0.2, 0.25) is 10.0 Å². The summed E-state index contributed by atoms with van der Waals surface area (Å²) in [5.41, 5.74) is 1.06. The van der Waals surface area contributed by atoms with Gasteiger partial charge in [-0.25, -0.2) is 8.42 Å². The molecular formula is C18H18Cl2N2O4S. The van der Waals surface area contributed by atoms with Crippen molar-refractivity contribution in [2.24, 2.45) is 0 Å². The number of benzene rings is 2. The molecule has 1 N–H and O–H groups in total. The zero-order chi connectivity index (χ0) is 19.8. The summed E-state index contributed by atoms with van der Waals surface area (Å²) >= 11 is 11.9. The second-order valence-electron chi connectivity index (χ2n) is 6.29. The lowest BCUT2D eigenvalue weighted by Crippen LogP contribution is -2.50. The maximum absolute atomic E-state index is 12.8. The molecule has 6 nitrogen and oxygen atoms in total. The van der Waals surface area contributed by atoms with Crippen LogP contribution in [-0.2, 0) is 10.0 Å². The highest BCUT2D eigenvalue weighted by Gasteiger charge is 2.32. The largest absolute Gasteiger partial charge is 0.507 e. The highest BCUT2D eigenvalue weighted by Crippen LogP contribution is 2.28. The van der Waals surface area contributed by atoms with Gasteiger partial charge in [-0.2, -0.15) is 4.31 Å². The molecule has 0 radical (unpaired) electrons. The lowest BCUT2D eigenvalue weighted by Gasteiger charge is -2.34. The summed E-state index contributed by atoms with van der Waals surface area (Å²) in [6, 6.07) is 9.08. The number of sulfonamides is 1. The van der Waals surface area contributed by atoms with Gasteiger partial charge in [0.1, 0.15) is 10.6 Å². The maximum atomic E-state index is 12.8. The Labute approximate surface area is 168 Å². The molecule has 1 aliphatic rings. The van der Waals surface area contributed by atoms with E-state index < -0.39 is 10.0 Å². The highest BCUT2D eigenvalue weighted by atomic mass is 35.5. The van der Waals surface area contributed by atoms with Crippen LogP contribution in [0.15, 0.2) is 41.3 Å². The first-order chi connectivity index (χ1) is 12.7.